The molecule has 11 heteroatoms. The Labute approximate surface area is 254 Å². The van der Waals surface area contributed by atoms with E-state index in [0.29, 0.717) is 36.2 Å². The maximum Gasteiger partial charge on any atom is 0.335 e. The average Bonchev–Trinajstić information content (AvgIpc) is 3.63. The van der Waals surface area contributed by atoms with Crippen LogP contribution in [0.5, 0.6) is 11.6 Å². The quantitative estimate of drug-likeness (QED) is 0.256. The number of rotatable bonds is 10. The number of carboxylic acids is 1. The van der Waals surface area contributed by atoms with E-state index in [1.807, 2.05) is 30.3 Å². The molecule has 1 spiro atoms. The van der Waals surface area contributed by atoms with E-state index in [4.69, 9.17) is 31.0 Å². The van der Waals surface area contributed by atoms with Crippen LogP contribution in [0.1, 0.15) is 35.2 Å². The van der Waals surface area contributed by atoms with Gasteiger partial charge in [0.05, 0.1) is 29.8 Å². The number of imidazole rings is 1. The van der Waals surface area contributed by atoms with Crippen LogP contribution in [0.4, 0.5) is 11.8 Å². The lowest BCUT2D eigenvalue weighted by molar-refractivity contribution is 0.0697. The van der Waals surface area contributed by atoms with E-state index in [0.717, 1.165) is 67.4 Å². The normalized spacial score (nSPS) is 17.7. The van der Waals surface area contributed by atoms with Gasteiger partial charge < -0.3 is 28.9 Å². The number of nitriles is 1. The number of hydrogen-bond donors (Lipinski definition) is 1. The van der Waals surface area contributed by atoms with Crippen molar-refractivity contribution in [2.75, 3.05) is 43.1 Å². The van der Waals surface area contributed by atoms with Gasteiger partial charge in [0.25, 0.3) is 0 Å². The number of anilines is 2. The van der Waals surface area contributed by atoms with Gasteiger partial charge in [-0.15, -0.1) is 0 Å². The van der Waals surface area contributed by atoms with Crippen molar-refractivity contribution in [1.82, 2.24) is 14.5 Å². The summed E-state index contributed by atoms with van der Waals surface area (Å²) < 4.78 is 13.6. The van der Waals surface area contributed by atoms with Gasteiger partial charge in [0.2, 0.25) is 11.8 Å². The van der Waals surface area contributed by atoms with E-state index in [1.54, 1.807) is 31.4 Å². The molecule has 0 bridgehead atoms. The molecule has 0 unspecified atom stereocenters. The van der Waals surface area contributed by atoms with Gasteiger partial charge in [0, 0.05) is 66.6 Å². The first-order valence-electron chi connectivity index (χ1n) is 14.3. The number of nitrogens with zero attached hydrogens (tertiary/aromatic N) is 6. The highest BCUT2D eigenvalue weighted by atomic mass is 35.5. The Morgan fingerprint density at radius 1 is 1.07 bits per heavy atom. The molecular weight excluding hydrogens is 568 g/mol. The van der Waals surface area contributed by atoms with Gasteiger partial charge in [-0.05, 0) is 49.2 Å². The van der Waals surface area contributed by atoms with Gasteiger partial charge in [-0.2, -0.15) is 10.2 Å². The van der Waals surface area contributed by atoms with Crippen molar-refractivity contribution in [2.24, 2.45) is 10.8 Å². The summed E-state index contributed by atoms with van der Waals surface area (Å²) in [4.78, 5) is 25.9. The molecule has 3 fully saturated rings. The average molecular weight is 599 g/mol. The maximum atomic E-state index is 11.7. The van der Waals surface area contributed by atoms with Crippen LogP contribution in [-0.4, -0.2) is 58.9 Å². The fraction of sp³-hybridized carbons (Fsp3) is 0.375. The van der Waals surface area contributed by atoms with Gasteiger partial charge in [0.15, 0.2) is 0 Å². The highest BCUT2D eigenvalue weighted by Crippen LogP contribution is 2.52. The Kier molecular flexibility index (Phi) is 6.58. The maximum absolute atomic E-state index is 11.7. The fourth-order valence-corrected chi connectivity index (χ4v) is 6.55. The van der Waals surface area contributed by atoms with Gasteiger partial charge in [-0.1, -0.05) is 23.7 Å². The smallest absolute Gasteiger partial charge is 0.335 e. The third-order valence-corrected chi connectivity index (χ3v) is 9.16. The topological polar surface area (TPSA) is 117 Å². The van der Waals surface area contributed by atoms with E-state index < -0.39 is 5.97 Å². The van der Waals surface area contributed by atoms with Crippen LogP contribution in [0.25, 0.3) is 11.0 Å². The molecule has 1 N–H and O–H groups in total. The van der Waals surface area contributed by atoms with Crippen LogP contribution < -0.4 is 19.3 Å². The fourth-order valence-electron chi connectivity index (χ4n) is 6.39. The van der Waals surface area contributed by atoms with E-state index >= 15 is 0 Å². The third kappa shape index (κ3) is 5.08. The highest BCUT2D eigenvalue weighted by molar-refractivity contribution is 6.30. The predicted molar refractivity (Wildman–Crippen MR) is 162 cm³/mol. The minimum atomic E-state index is -0.959. The largest absolute Gasteiger partial charge is 0.496 e. The number of benzene rings is 2. The number of pyridine rings is 1. The molecule has 220 valence electrons. The zero-order chi connectivity index (χ0) is 29.8. The van der Waals surface area contributed by atoms with Gasteiger partial charge in [0.1, 0.15) is 18.2 Å². The van der Waals surface area contributed by atoms with Gasteiger partial charge in [-0.3, -0.25) is 0 Å². The molecule has 4 aromatic rings. The van der Waals surface area contributed by atoms with Crippen LogP contribution in [-0.2, 0) is 13.2 Å². The summed E-state index contributed by atoms with van der Waals surface area (Å²) in [5, 5.41) is 19.6. The molecule has 0 radical (unpaired) electrons. The van der Waals surface area contributed by atoms with Crippen LogP contribution in [0.3, 0.4) is 0 Å². The van der Waals surface area contributed by atoms with Crippen molar-refractivity contribution >= 4 is 40.4 Å². The summed E-state index contributed by atoms with van der Waals surface area (Å²) in [5.41, 5.74) is 2.82. The Bertz CT molecular complexity index is 1760. The Balaban J connectivity index is 1.03. The molecule has 4 heterocycles. The molecule has 3 aliphatic rings. The van der Waals surface area contributed by atoms with Crippen molar-refractivity contribution in [2.45, 2.75) is 32.4 Å². The summed E-state index contributed by atoms with van der Waals surface area (Å²) in [6.45, 7) is 4.47. The molecule has 10 nitrogen and oxygen atoms in total. The minimum Gasteiger partial charge on any atom is -0.496 e. The first kappa shape index (κ1) is 27.3. The number of carbonyl (C=O) groups is 1. The lowest BCUT2D eigenvalue weighted by Crippen LogP contribution is -2.73. The van der Waals surface area contributed by atoms with Gasteiger partial charge in [-0.25, -0.2) is 9.78 Å². The molecule has 7 rings (SSSR count). The number of aromatic nitrogens is 3. The van der Waals surface area contributed by atoms with E-state index in [2.05, 4.69) is 20.4 Å². The number of carboxylic acid groups (broad SMARTS) is 1. The van der Waals surface area contributed by atoms with Crippen LogP contribution in [0.15, 0.2) is 54.6 Å². The summed E-state index contributed by atoms with van der Waals surface area (Å²) in [6.07, 6.45) is 2.49. The summed E-state index contributed by atoms with van der Waals surface area (Å²) in [6, 6.07) is 18.7. The standard InChI is InChI=1S/C32H31ClN6O4/c1-42-26-14-23(33)7-5-22(26)15-43-28-4-2-3-27(36-28)37-16-32(17-37)18-38(19-32)30-35-24-8-6-21(29(40)41)13-25(24)39(30)20-31(9-10-31)11-12-34/h2-8,13-14H,9-11,15-20H2,1H3,(H,40,41). The molecule has 43 heavy (non-hydrogen) atoms. The highest BCUT2D eigenvalue weighted by Gasteiger charge is 2.53. The zero-order valence-corrected chi connectivity index (χ0v) is 24.5. The number of hydrogen-bond acceptors (Lipinski definition) is 8. The first-order valence-corrected chi connectivity index (χ1v) is 14.7. The molecule has 2 aromatic heterocycles. The Hall–Kier alpha value is -4.49. The molecule has 1 saturated carbocycles. The Morgan fingerprint density at radius 2 is 1.86 bits per heavy atom. The second kappa shape index (κ2) is 10.3. The zero-order valence-electron chi connectivity index (χ0n) is 23.8. The third-order valence-electron chi connectivity index (χ3n) is 8.93. The van der Waals surface area contributed by atoms with Crippen molar-refractivity contribution in [1.29, 1.82) is 5.26 Å². The summed E-state index contributed by atoms with van der Waals surface area (Å²) in [7, 11) is 1.61. The molecule has 2 aromatic carbocycles. The molecule has 2 aliphatic heterocycles. The molecule has 0 atom stereocenters. The number of ether oxygens (including phenoxy) is 2. The SMILES string of the molecule is COc1cc(Cl)ccc1COc1cccc(N2CC3(C2)CN(c2nc4ccc(C(=O)O)cc4n2CC2(CC#N)CC2)C3)n1. The molecule has 0 amide bonds. The summed E-state index contributed by atoms with van der Waals surface area (Å²) >= 11 is 6.08. The van der Waals surface area contributed by atoms with Crippen LogP contribution in [0, 0.1) is 22.2 Å². The minimum absolute atomic E-state index is 0.0520. The molecular formula is C32H31ClN6O4. The number of aromatic carboxylic acids is 1. The number of methoxy groups -OCH3 is 1. The lowest BCUT2D eigenvalue weighted by atomic mass is 9.73. The first-order chi connectivity index (χ1) is 20.8. The monoisotopic (exact) mass is 598 g/mol. The van der Waals surface area contributed by atoms with Crippen molar-refractivity contribution in [3.05, 3.63) is 70.7 Å². The van der Waals surface area contributed by atoms with Crippen molar-refractivity contribution < 1.29 is 19.4 Å². The van der Waals surface area contributed by atoms with E-state index in [-0.39, 0.29) is 16.4 Å². The summed E-state index contributed by atoms with van der Waals surface area (Å²) in [5.74, 6) is 2.00. The lowest BCUT2D eigenvalue weighted by Gasteiger charge is -2.60. The van der Waals surface area contributed by atoms with E-state index in [1.165, 1.54) is 0 Å². The van der Waals surface area contributed by atoms with Crippen LogP contribution >= 0.6 is 11.6 Å². The number of fused-ring (bicyclic) bond motifs is 1. The molecule has 1 aliphatic carbocycles. The second-order valence-corrected chi connectivity index (χ2v) is 12.6. The van der Waals surface area contributed by atoms with E-state index in [9.17, 15) is 15.2 Å². The number of halogens is 1. The second-order valence-electron chi connectivity index (χ2n) is 12.1. The van der Waals surface area contributed by atoms with Crippen LogP contribution in [0.2, 0.25) is 5.02 Å². The van der Waals surface area contributed by atoms with Crippen molar-refractivity contribution in [3.63, 3.8) is 0 Å². The molecule has 2 saturated heterocycles. The van der Waals surface area contributed by atoms with Crippen molar-refractivity contribution in [3.8, 4) is 17.7 Å². The Morgan fingerprint density at radius 3 is 2.58 bits per heavy atom. The van der Waals surface area contributed by atoms with Gasteiger partial charge >= 0.3 is 5.97 Å². The predicted octanol–water partition coefficient (Wildman–Crippen LogP) is 5.39.